The average molecular weight is 245 g/mol. The Morgan fingerprint density at radius 3 is 2.89 bits per heavy atom. The molecule has 0 radical (unpaired) electrons. The van der Waals surface area contributed by atoms with E-state index in [9.17, 15) is 4.79 Å². The van der Waals surface area contributed by atoms with Crippen molar-refractivity contribution in [3.63, 3.8) is 0 Å². The first-order chi connectivity index (χ1) is 8.74. The first kappa shape index (κ1) is 11.0. The summed E-state index contributed by atoms with van der Waals surface area (Å²) in [6.07, 6.45) is 8.91. The number of hydrogen-bond donors (Lipinski definition) is 0. The second-order valence-electron chi connectivity index (χ2n) is 4.70. The van der Waals surface area contributed by atoms with Gasteiger partial charge in [0.15, 0.2) is 5.82 Å². The monoisotopic (exact) mass is 245 g/mol. The van der Waals surface area contributed by atoms with Gasteiger partial charge in [0.25, 0.3) is 5.56 Å². The Hall–Kier alpha value is -2.11. The maximum absolute atomic E-state index is 11.9. The molecule has 3 heterocycles. The van der Waals surface area contributed by atoms with E-state index in [-0.39, 0.29) is 5.56 Å². The molecule has 0 aliphatic carbocycles. The Bertz CT molecular complexity index is 583. The molecule has 6 heteroatoms. The molecule has 0 aromatic carbocycles. The molecule has 18 heavy (non-hydrogen) atoms. The van der Waals surface area contributed by atoms with E-state index in [2.05, 4.69) is 14.5 Å². The second-order valence-corrected chi connectivity index (χ2v) is 4.70. The maximum Gasteiger partial charge on any atom is 0.293 e. The number of hydrogen-bond acceptors (Lipinski definition) is 4. The molecule has 0 atom stereocenters. The Morgan fingerprint density at radius 2 is 2.17 bits per heavy atom. The molecule has 0 N–H and O–H groups in total. The number of rotatable bonds is 3. The molecule has 6 nitrogen and oxygen atoms in total. The second kappa shape index (κ2) is 4.29. The molecule has 94 valence electrons. The van der Waals surface area contributed by atoms with E-state index in [0.29, 0.717) is 11.7 Å². The SMILES string of the molecule is Cn1ccnc(N2CC(Cn3ccnc3)C2)c1=O. The first-order valence-corrected chi connectivity index (χ1v) is 5.96. The fourth-order valence-electron chi connectivity index (χ4n) is 2.25. The van der Waals surface area contributed by atoms with E-state index >= 15 is 0 Å². The normalized spacial score (nSPS) is 15.7. The minimum atomic E-state index is -0.0291. The summed E-state index contributed by atoms with van der Waals surface area (Å²) in [5, 5.41) is 0. The quantitative estimate of drug-likeness (QED) is 0.770. The van der Waals surface area contributed by atoms with Gasteiger partial charge in [-0.15, -0.1) is 0 Å². The van der Waals surface area contributed by atoms with Gasteiger partial charge >= 0.3 is 0 Å². The zero-order chi connectivity index (χ0) is 12.5. The first-order valence-electron chi connectivity index (χ1n) is 5.96. The maximum atomic E-state index is 11.9. The van der Waals surface area contributed by atoms with Gasteiger partial charge < -0.3 is 14.0 Å². The van der Waals surface area contributed by atoms with Crippen LogP contribution in [0.25, 0.3) is 0 Å². The van der Waals surface area contributed by atoms with Crippen molar-refractivity contribution in [2.45, 2.75) is 6.54 Å². The van der Waals surface area contributed by atoms with E-state index in [4.69, 9.17) is 0 Å². The Kier molecular flexibility index (Phi) is 2.62. The van der Waals surface area contributed by atoms with Crippen LogP contribution in [0.4, 0.5) is 5.82 Å². The number of nitrogens with zero attached hydrogens (tertiary/aromatic N) is 5. The van der Waals surface area contributed by atoms with Crippen LogP contribution in [0.15, 0.2) is 35.9 Å². The largest absolute Gasteiger partial charge is 0.351 e. The number of aromatic nitrogens is 4. The molecular weight excluding hydrogens is 230 g/mol. The summed E-state index contributed by atoms with van der Waals surface area (Å²) < 4.78 is 3.63. The van der Waals surface area contributed by atoms with Crippen LogP contribution in [0.2, 0.25) is 0 Å². The Morgan fingerprint density at radius 1 is 1.33 bits per heavy atom. The zero-order valence-corrected chi connectivity index (χ0v) is 10.2. The minimum Gasteiger partial charge on any atom is -0.351 e. The molecule has 3 rings (SSSR count). The third kappa shape index (κ3) is 1.90. The number of anilines is 1. The van der Waals surface area contributed by atoms with Crippen LogP contribution in [0.3, 0.4) is 0 Å². The van der Waals surface area contributed by atoms with Gasteiger partial charge in [0.05, 0.1) is 6.33 Å². The van der Waals surface area contributed by atoms with Crippen molar-refractivity contribution in [3.8, 4) is 0 Å². The lowest BCUT2D eigenvalue weighted by molar-refractivity contribution is 0.354. The van der Waals surface area contributed by atoms with Crippen molar-refractivity contribution >= 4 is 5.82 Å². The molecule has 1 saturated heterocycles. The summed E-state index contributed by atoms with van der Waals surface area (Å²) >= 11 is 0. The highest BCUT2D eigenvalue weighted by Gasteiger charge is 2.29. The van der Waals surface area contributed by atoms with Crippen molar-refractivity contribution in [3.05, 3.63) is 41.5 Å². The summed E-state index contributed by atoms with van der Waals surface area (Å²) in [7, 11) is 1.75. The fraction of sp³-hybridized carbons (Fsp3) is 0.417. The smallest absolute Gasteiger partial charge is 0.293 e. The molecule has 0 saturated carbocycles. The number of imidazole rings is 1. The van der Waals surface area contributed by atoms with Crippen molar-refractivity contribution in [1.29, 1.82) is 0 Å². The molecule has 2 aromatic rings. The molecule has 0 amide bonds. The highest BCUT2D eigenvalue weighted by atomic mass is 16.1. The van der Waals surface area contributed by atoms with E-state index in [0.717, 1.165) is 19.6 Å². The molecule has 0 spiro atoms. The summed E-state index contributed by atoms with van der Waals surface area (Å²) in [5.74, 6) is 1.12. The van der Waals surface area contributed by atoms with E-state index in [1.165, 1.54) is 0 Å². The van der Waals surface area contributed by atoms with Gasteiger partial charge in [0, 0.05) is 57.4 Å². The lowest BCUT2D eigenvalue weighted by atomic mass is 10.0. The highest BCUT2D eigenvalue weighted by molar-refractivity contribution is 5.39. The van der Waals surface area contributed by atoms with Gasteiger partial charge in [0.2, 0.25) is 0 Å². The van der Waals surface area contributed by atoms with Crippen LogP contribution in [-0.4, -0.2) is 32.2 Å². The van der Waals surface area contributed by atoms with Crippen molar-refractivity contribution in [2.75, 3.05) is 18.0 Å². The summed E-state index contributed by atoms with van der Waals surface area (Å²) in [4.78, 5) is 22.1. The van der Waals surface area contributed by atoms with Crippen molar-refractivity contribution < 1.29 is 0 Å². The van der Waals surface area contributed by atoms with Crippen LogP contribution in [0, 0.1) is 5.92 Å². The molecule has 1 aliphatic heterocycles. The van der Waals surface area contributed by atoms with Crippen LogP contribution < -0.4 is 10.5 Å². The van der Waals surface area contributed by atoms with Crippen LogP contribution in [0.1, 0.15) is 0 Å². The van der Waals surface area contributed by atoms with E-state index in [1.807, 2.05) is 17.4 Å². The third-order valence-corrected chi connectivity index (χ3v) is 3.28. The van der Waals surface area contributed by atoms with Gasteiger partial charge in [-0.25, -0.2) is 9.97 Å². The van der Waals surface area contributed by atoms with E-state index < -0.39 is 0 Å². The Balaban J connectivity index is 1.65. The lowest BCUT2D eigenvalue weighted by Crippen LogP contribution is -2.51. The predicted molar refractivity (Wildman–Crippen MR) is 67.4 cm³/mol. The van der Waals surface area contributed by atoms with Crippen LogP contribution in [0.5, 0.6) is 0 Å². The minimum absolute atomic E-state index is 0.0291. The molecular formula is C12H15N5O. The molecule has 0 unspecified atom stereocenters. The third-order valence-electron chi connectivity index (χ3n) is 3.28. The molecule has 1 aliphatic rings. The van der Waals surface area contributed by atoms with Gasteiger partial charge in [-0.1, -0.05) is 0 Å². The summed E-state index contributed by atoms with van der Waals surface area (Å²) in [5.41, 5.74) is -0.0291. The fourth-order valence-corrected chi connectivity index (χ4v) is 2.25. The van der Waals surface area contributed by atoms with Gasteiger partial charge in [-0.3, -0.25) is 4.79 Å². The van der Waals surface area contributed by atoms with Crippen molar-refractivity contribution in [1.82, 2.24) is 19.1 Å². The van der Waals surface area contributed by atoms with Crippen molar-refractivity contribution in [2.24, 2.45) is 13.0 Å². The summed E-state index contributed by atoms with van der Waals surface area (Å²) in [6.45, 7) is 2.71. The average Bonchev–Trinajstić information content (AvgIpc) is 2.80. The predicted octanol–water partition coefficient (Wildman–Crippen LogP) is 0.113. The van der Waals surface area contributed by atoms with Crippen LogP contribution >= 0.6 is 0 Å². The van der Waals surface area contributed by atoms with Crippen LogP contribution in [-0.2, 0) is 13.6 Å². The summed E-state index contributed by atoms with van der Waals surface area (Å²) in [6, 6.07) is 0. The Labute approximate surface area is 105 Å². The molecule has 0 bridgehead atoms. The lowest BCUT2D eigenvalue weighted by Gasteiger charge is -2.39. The number of aryl methyl sites for hydroxylation is 1. The highest BCUT2D eigenvalue weighted by Crippen LogP contribution is 2.20. The van der Waals surface area contributed by atoms with Gasteiger partial charge in [-0.05, 0) is 0 Å². The zero-order valence-electron chi connectivity index (χ0n) is 10.2. The van der Waals surface area contributed by atoms with E-state index in [1.54, 1.807) is 30.2 Å². The molecule has 2 aromatic heterocycles. The van der Waals surface area contributed by atoms with Gasteiger partial charge in [-0.2, -0.15) is 0 Å². The standard InChI is InChI=1S/C12H15N5O/c1-15-4-3-14-11(12(15)18)17-7-10(8-17)6-16-5-2-13-9-16/h2-5,9-10H,6-8H2,1H3. The topological polar surface area (TPSA) is 56.0 Å². The molecule has 1 fully saturated rings. The van der Waals surface area contributed by atoms with Gasteiger partial charge in [0.1, 0.15) is 0 Å².